The van der Waals surface area contributed by atoms with Crippen molar-refractivity contribution in [3.63, 3.8) is 0 Å². The van der Waals surface area contributed by atoms with E-state index in [-0.39, 0.29) is 18.0 Å². The second-order valence-corrected chi connectivity index (χ2v) is 8.15. The van der Waals surface area contributed by atoms with Crippen LogP contribution in [0.15, 0.2) is 53.3 Å². The highest BCUT2D eigenvalue weighted by Crippen LogP contribution is 2.24. The SMILES string of the molecule is Cc1ccc(-n2nc(C)c3c(C)cc(=O)n(CC(=O)Nc4cc(C)ccc4C)c32)cc1. The van der Waals surface area contributed by atoms with Crippen LogP contribution >= 0.6 is 0 Å². The lowest BCUT2D eigenvalue weighted by atomic mass is 10.1. The third-order valence-corrected chi connectivity index (χ3v) is 5.54. The summed E-state index contributed by atoms with van der Waals surface area (Å²) >= 11 is 0. The Morgan fingerprint density at radius 3 is 2.29 bits per heavy atom. The lowest BCUT2D eigenvalue weighted by Gasteiger charge is -2.14. The molecule has 0 atom stereocenters. The molecule has 31 heavy (non-hydrogen) atoms. The second-order valence-electron chi connectivity index (χ2n) is 8.15. The normalized spacial score (nSPS) is 11.1. The summed E-state index contributed by atoms with van der Waals surface area (Å²) in [4.78, 5) is 25.9. The summed E-state index contributed by atoms with van der Waals surface area (Å²) in [5.41, 5.74) is 6.83. The minimum Gasteiger partial charge on any atom is -0.324 e. The van der Waals surface area contributed by atoms with Crippen LogP contribution in [-0.4, -0.2) is 20.3 Å². The topological polar surface area (TPSA) is 68.9 Å². The summed E-state index contributed by atoms with van der Waals surface area (Å²) in [7, 11) is 0. The third-order valence-electron chi connectivity index (χ3n) is 5.54. The van der Waals surface area contributed by atoms with Crippen LogP contribution in [0.5, 0.6) is 0 Å². The Hall–Kier alpha value is -3.67. The molecule has 0 aliphatic rings. The maximum Gasteiger partial charge on any atom is 0.252 e. The molecule has 0 fully saturated rings. The van der Waals surface area contributed by atoms with Crippen LogP contribution in [0.3, 0.4) is 0 Å². The van der Waals surface area contributed by atoms with Crippen molar-refractivity contribution in [1.29, 1.82) is 0 Å². The lowest BCUT2D eigenvalue weighted by Crippen LogP contribution is -2.29. The maximum atomic E-state index is 13.0. The zero-order chi connectivity index (χ0) is 22.3. The van der Waals surface area contributed by atoms with Gasteiger partial charge in [-0.2, -0.15) is 5.10 Å². The quantitative estimate of drug-likeness (QED) is 0.539. The van der Waals surface area contributed by atoms with Crippen LogP contribution in [0.4, 0.5) is 5.69 Å². The van der Waals surface area contributed by atoms with Gasteiger partial charge in [-0.3, -0.25) is 14.2 Å². The third kappa shape index (κ3) is 3.89. The van der Waals surface area contributed by atoms with Gasteiger partial charge in [-0.15, -0.1) is 0 Å². The number of fused-ring (bicyclic) bond motifs is 1. The van der Waals surface area contributed by atoms with Gasteiger partial charge < -0.3 is 5.32 Å². The van der Waals surface area contributed by atoms with E-state index in [9.17, 15) is 9.59 Å². The first-order valence-electron chi connectivity index (χ1n) is 10.3. The Bertz CT molecular complexity index is 1360. The van der Waals surface area contributed by atoms with E-state index in [2.05, 4.69) is 5.32 Å². The van der Waals surface area contributed by atoms with Crippen molar-refractivity contribution in [2.45, 2.75) is 41.2 Å². The number of rotatable bonds is 4. The van der Waals surface area contributed by atoms with Crippen LogP contribution in [0.2, 0.25) is 0 Å². The number of carbonyl (C=O) groups is 1. The predicted molar refractivity (Wildman–Crippen MR) is 124 cm³/mol. The van der Waals surface area contributed by atoms with Gasteiger partial charge in [0, 0.05) is 17.1 Å². The monoisotopic (exact) mass is 414 g/mol. The van der Waals surface area contributed by atoms with E-state index in [1.807, 2.05) is 77.1 Å². The first kappa shape index (κ1) is 20.6. The standard InChI is InChI=1S/C25H26N4O2/c1-15-7-10-20(11-8-15)29-25-24(19(5)27-29)18(4)13-23(31)28(25)14-22(30)26-21-12-16(2)6-9-17(21)3/h6-13H,14H2,1-5H3,(H,26,30). The molecule has 0 saturated heterocycles. The summed E-state index contributed by atoms with van der Waals surface area (Å²) in [6, 6.07) is 15.4. The molecule has 4 rings (SSSR count). The van der Waals surface area contributed by atoms with Gasteiger partial charge >= 0.3 is 0 Å². The molecule has 2 heterocycles. The van der Waals surface area contributed by atoms with Crippen molar-refractivity contribution in [2.24, 2.45) is 0 Å². The van der Waals surface area contributed by atoms with E-state index in [1.54, 1.807) is 10.7 Å². The number of nitrogens with zero attached hydrogens (tertiary/aromatic N) is 3. The highest BCUT2D eigenvalue weighted by Gasteiger charge is 2.19. The molecule has 1 N–H and O–H groups in total. The van der Waals surface area contributed by atoms with Crippen molar-refractivity contribution < 1.29 is 4.79 Å². The molecular formula is C25H26N4O2. The molecule has 1 amide bonds. The molecule has 0 aliphatic heterocycles. The fourth-order valence-electron chi connectivity index (χ4n) is 3.89. The maximum absolute atomic E-state index is 13.0. The first-order valence-corrected chi connectivity index (χ1v) is 10.3. The molecule has 6 nitrogen and oxygen atoms in total. The molecule has 0 radical (unpaired) electrons. The largest absolute Gasteiger partial charge is 0.324 e. The van der Waals surface area contributed by atoms with Crippen molar-refractivity contribution in [1.82, 2.24) is 14.3 Å². The fourth-order valence-corrected chi connectivity index (χ4v) is 3.89. The fraction of sp³-hybridized carbons (Fsp3) is 0.240. The lowest BCUT2D eigenvalue weighted by molar-refractivity contribution is -0.116. The number of anilines is 1. The molecule has 0 unspecified atom stereocenters. The molecular weight excluding hydrogens is 388 g/mol. The highest BCUT2D eigenvalue weighted by molar-refractivity contribution is 5.93. The van der Waals surface area contributed by atoms with Gasteiger partial charge in [0.15, 0.2) is 0 Å². The number of nitrogens with one attached hydrogen (secondary N) is 1. The summed E-state index contributed by atoms with van der Waals surface area (Å²) in [5.74, 6) is -0.254. The zero-order valence-electron chi connectivity index (χ0n) is 18.5. The number of carbonyl (C=O) groups excluding carboxylic acids is 1. The summed E-state index contributed by atoms with van der Waals surface area (Å²) in [5, 5.41) is 8.53. The van der Waals surface area contributed by atoms with Gasteiger partial charge in [0.2, 0.25) is 5.91 Å². The van der Waals surface area contributed by atoms with E-state index < -0.39 is 0 Å². The summed E-state index contributed by atoms with van der Waals surface area (Å²) in [6.45, 7) is 9.67. The van der Waals surface area contributed by atoms with E-state index in [4.69, 9.17) is 5.10 Å². The average molecular weight is 415 g/mol. The van der Waals surface area contributed by atoms with Gasteiger partial charge in [-0.05, 0) is 69.5 Å². The number of amides is 1. The Kier molecular flexibility index (Phi) is 5.23. The van der Waals surface area contributed by atoms with Gasteiger partial charge in [-0.1, -0.05) is 29.8 Å². The molecule has 4 aromatic rings. The molecule has 0 bridgehead atoms. The van der Waals surface area contributed by atoms with Crippen LogP contribution < -0.4 is 10.9 Å². The molecule has 0 aliphatic carbocycles. The number of benzene rings is 2. The molecule has 158 valence electrons. The van der Waals surface area contributed by atoms with E-state index in [0.29, 0.717) is 5.65 Å². The Labute approximate surface area is 181 Å². The summed E-state index contributed by atoms with van der Waals surface area (Å²) < 4.78 is 3.26. The molecule has 0 spiro atoms. The van der Waals surface area contributed by atoms with Gasteiger partial charge in [0.05, 0.1) is 11.4 Å². The van der Waals surface area contributed by atoms with E-state index >= 15 is 0 Å². The van der Waals surface area contributed by atoms with Crippen molar-refractivity contribution in [2.75, 3.05) is 5.32 Å². The average Bonchev–Trinajstić information content (AvgIpc) is 3.06. The van der Waals surface area contributed by atoms with Crippen molar-refractivity contribution in [3.05, 3.63) is 86.8 Å². The minimum atomic E-state index is -0.254. The number of pyridine rings is 1. The molecule has 2 aromatic carbocycles. The van der Waals surface area contributed by atoms with E-state index in [0.717, 1.165) is 44.7 Å². The number of aromatic nitrogens is 3. The summed E-state index contributed by atoms with van der Waals surface area (Å²) in [6.07, 6.45) is 0. The Morgan fingerprint density at radius 2 is 1.58 bits per heavy atom. The number of hydrogen-bond acceptors (Lipinski definition) is 3. The Balaban J connectivity index is 1.82. The smallest absolute Gasteiger partial charge is 0.252 e. The molecule has 6 heteroatoms. The minimum absolute atomic E-state index is 0.0972. The van der Waals surface area contributed by atoms with Crippen molar-refractivity contribution in [3.8, 4) is 5.69 Å². The van der Waals surface area contributed by atoms with Crippen LogP contribution in [0.25, 0.3) is 16.7 Å². The molecule has 0 saturated carbocycles. The van der Waals surface area contributed by atoms with Crippen LogP contribution in [-0.2, 0) is 11.3 Å². The number of hydrogen-bond donors (Lipinski definition) is 1. The van der Waals surface area contributed by atoms with Crippen LogP contribution in [0.1, 0.15) is 27.9 Å². The van der Waals surface area contributed by atoms with E-state index in [1.165, 1.54) is 4.57 Å². The zero-order valence-corrected chi connectivity index (χ0v) is 18.5. The number of aryl methyl sites for hydroxylation is 5. The van der Waals surface area contributed by atoms with Gasteiger partial charge in [-0.25, -0.2) is 4.68 Å². The second kappa shape index (κ2) is 7.87. The Morgan fingerprint density at radius 1 is 0.903 bits per heavy atom. The van der Waals surface area contributed by atoms with Gasteiger partial charge in [0.25, 0.3) is 5.56 Å². The predicted octanol–water partition coefficient (Wildman–Crippen LogP) is 4.37. The van der Waals surface area contributed by atoms with Crippen molar-refractivity contribution >= 4 is 22.6 Å². The first-order chi connectivity index (χ1) is 14.7. The van der Waals surface area contributed by atoms with Gasteiger partial charge in [0.1, 0.15) is 12.2 Å². The molecule has 2 aromatic heterocycles. The highest BCUT2D eigenvalue weighted by atomic mass is 16.2. The van der Waals surface area contributed by atoms with Crippen LogP contribution in [0, 0.1) is 34.6 Å².